The SMILES string of the molecule is CCOc1ccc(NC(=O)CN(c2cccc(C(F)(F)F)c2)S(=O)(=O)c2ccc(OC)c(OC)c2)cc1. The highest BCUT2D eigenvalue weighted by molar-refractivity contribution is 7.92. The van der Waals surface area contributed by atoms with Crippen LogP contribution >= 0.6 is 0 Å². The van der Waals surface area contributed by atoms with E-state index in [4.69, 9.17) is 14.2 Å². The lowest BCUT2D eigenvalue weighted by atomic mass is 10.2. The molecular formula is C25H25F3N2O6S. The van der Waals surface area contributed by atoms with Gasteiger partial charge in [0.2, 0.25) is 5.91 Å². The monoisotopic (exact) mass is 538 g/mol. The molecule has 1 N–H and O–H groups in total. The van der Waals surface area contributed by atoms with E-state index < -0.39 is 34.2 Å². The molecule has 3 aromatic rings. The molecule has 0 fully saturated rings. The zero-order chi connectivity index (χ0) is 27.2. The number of halogens is 3. The van der Waals surface area contributed by atoms with Gasteiger partial charge in [0.05, 0.1) is 37.0 Å². The summed E-state index contributed by atoms with van der Waals surface area (Å²) in [6.45, 7) is 1.47. The van der Waals surface area contributed by atoms with Crippen molar-refractivity contribution in [2.75, 3.05) is 37.0 Å². The maximum absolute atomic E-state index is 13.6. The van der Waals surface area contributed by atoms with Gasteiger partial charge in [-0.1, -0.05) is 6.07 Å². The van der Waals surface area contributed by atoms with Crippen LogP contribution in [-0.4, -0.2) is 41.7 Å². The summed E-state index contributed by atoms with van der Waals surface area (Å²) >= 11 is 0. The molecule has 3 aromatic carbocycles. The lowest BCUT2D eigenvalue weighted by Gasteiger charge is -2.25. The Labute approximate surface area is 212 Å². The van der Waals surface area contributed by atoms with E-state index in [0.29, 0.717) is 28.4 Å². The average molecular weight is 539 g/mol. The van der Waals surface area contributed by atoms with Crippen LogP contribution in [0.1, 0.15) is 12.5 Å². The number of hydrogen-bond acceptors (Lipinski definition) is 6. The minimum absolute atomic E-state index is 0.0893. The number of alkyl halides is 3. The second-order valence-electron chi connectivity index (χ2n) is 7.58. The van der Waals surface area contributed by atoms with Crippen molar-refractivity contribution in [1.82, 2.24) is 0 Å². The van der Waals surface area contributed by atoms with Crippen LogP contribution in [0.5, 0.6) is 17.2 Å². The zero-order valence-corrected chi connectivity index (χ0v) is 21.0. The second-order valence-corrected chi connectivity index (χ2v) is 9.44. The van der Waals surface area contributed by atoms with Crippen LogP contribution in [0.3, 0.4) is 0 Å². The van der Waals surface area contributed by atoms with Crippen molar-refractivity contribution < 1.29 is 40.6 Å². The van der Waals surface area contributed by atoms with Gasteiger partial charge in [0.25, 0.3) is 10.0 Å². The summed E-state index contributed by atoms with van der Waals surface area (Å²) in [5.74, 6) is 0.138. The third kappa shape index (κ3) is 6.64. The van der Waals surface area contributed by atoms with Gasteiger partial charge in [-0.05, 0) is 61.5 Å². The van der Waals surface area contributed by atoms with Gasteiger partial charge in [-0.3, -0.25) is 9.10 Å². The first-order valence-electron chi connectivity index (χ1n) is 10.9. The van der Waals surface area contributed by atoms with Crippen LogP contribution < -0.4 is 23.8 Å². The van der Waals surface area contributed by atoms with E-state index in [9.17, 15) is 26.4 Å². The normalized spacial score (nSPS) is 11.5. The van der Waals surface area contributed by atoms with Gasteiger partial charge in [0.1, 0.15) is 12.3 Å². The van der Waals surface area contributed by atoms with E-state index >= 15 is 0 Å². The zero-order valence-electron chi connectivity index (χ0n) is 20.2. The van der Waals surface area contributed by atoms with Crippen LogP contribution in [0.4, 0.5) is 24.5 Å². The maximum Gasteiger partial charge on any atom is 0.416 e. The third-order valence-electron chi connectivity index (χ3n) is 5.14. The lowest BCUT2D eigenvalue weighted by Crippen LogP contribution is -2.38. The maximum atomic E-state index is 13.6. The van der Waals surface area contributed by atoms with Crippen molar-refractivity contribution in [2.45, 2.75) is 18.0 Å². The van der Waals surface area contributed by atoms with Crippen molar-refractivity contribution in [2.24, 2.45) is 0 Å². The van der Waals surface area contributed by atoms with Crippen LogP contribution in [-0.2, 0) is 21.0 Å². The Hall–Kier alpha value is -3.93. The molecule has 0 saturated heterocycles. The molecule has 0 bridgehead atoms. The molecule has 37 heavy (non-hydrogen) atoms. The molecule has 8 nitrogen and oxygen atoms in total. The molecule has 0 radical (unpaired) electrons. The van der Waals surface area contributed by atoms with Gasteiger partial charge < -0.3 is 19.5 Å². The third-order valence-corrected chi connectivity index (χ3v) is 6.91. The van der Waals surface area contributed by atoms with Crippen LogP contribution in [0.2, 0.25) is 0 Å². The van der Waals surface area contributed by atoms with Gasteiger partial charge >= 0.3 is 6.18 Å². The highest BCUT2D eigenvalue weighted by Crippen LogP contribution is 2.35. The molecule has 0 unspecified atom stereocenters. The highest BCUT2D eigenvalue weighted by atomic mass is 32.2. The molecule has 0 saturated carbocycles. The molecule has 3 rings (SSSR count). The number of anilines is 2. The molecule has 0 spiro atoms. The van der Waals surface area contributed by atoms with E-state index in [0.717, 1.165) is 12.1 Å². The fourth-order valence-electron chi connectivity index (χ4n) is 3.39. The number of nitrogens with one attached hydrogen (secondary N) is 1. The highest BCUT2D eigenvalue weighted by Gasteiger charge is 2.33. The Morgan fingerprint density at radius 2 is 1.62 bits per heavy atom. The van der Waals surface area contributed by atoms with Crippen molar-refractivity contribution in [3.63, 3.8) is 0 Å². The number of rotatable bonds is 10. The van der Waals surface area contributed by atoms with Crippen LogP contribution in [0.15, 0.2) is 71.6 Å². The van der Waals surface area contributed by atoms with Gasteiger partial charge in [-0.2, -0.15) is 13.2 Å². The summed E-state index contributed by atoms with van der Waals surface area (Å²) in [6.07, 6.45) is -4.72. The number of ether oxygens (including phenoxy) is 3. The van der Waals surface area contributed by atoms with Gasteiger partial charge in [-0.25, -0.2) is 8.42 Å². The van der Waals surface area contributed by atoms with Crippen molar-refractivity contribution in [3.8, 4) is 17.2 Å². The Bertz CT molecular complexity index is 1350. The van der Waals surface area contributed by atoms with E-state index in [-0.39, 0.29) is 22.1 Å². The standard InChI is InChI=1S/C25H25F3N2O6S/c1-4-36-20-10-8-18(9-11-20)29-24(31)16-30(19-7-5-6-17(14-19)25(26,27)28)37(32,33)21-12-13-22(34-2)23(15-21)35-3/h5-15H,4,16H2,1-3H3,(H,29,31). The minimum atomic E-state index is -4.72. The summed E-state index contributed by atoms with van der Waals surface area (Å²) in [5.41, 5.74) is -1.06. The molecule has 0 aliphatic carbocycles. The number of methoxy groups -OCH3 is 2. The van der Waals surface area contributed by atoms with Gasteiger partial charge in [0, 0.05) is 11.8 Å². The summed E-state index contributed by atoms with van der Waals surface area (Å²) in [7, 11) is -1.85. The topological polar surface area (TPSA) is 94.2 Å². The molecule has 0 aliphatic rings. The van der Waals surface area contributed by atoms with E-state index in [2.05, 4.69) is 5.32 Å². The number of amides is 1. The van der Waals surface area contributed by atoms with Crippen LogP contribution in [0, 0.1) is 0 Å². The Morgan fingerprint density at radius 1 is 0.946 bits per heavy atom. The smallest absolute Gasteiger partial charge is 0.416 e. The van der Waals surface area contributed by atoms with Crippen LogP contribution in [0.25, 0.3) is 0 Å². The minimum Gasteiger partial charge on any atom is -0.494 e. The molecule has 1 amide bonds. The predicted octanol–water partition coefficient (Wildman–Crippen LogP) is 4.96. The number of hydrogen-bond donors (Lipinski definition) is 1. The van der Waals surface area contributed by atoms with Crippen molar-refractivity contribution in [1.29, 1.82) is 0 Å². The molecule has 0 heterocycles. The molecule has 0 aromatic heterocycles. The average Bonchev–Trinajstić information content (AvgIpc) is 2.87. The first-order valence-corrected chi connectivity index (χ1v) is 12.4. The summed E-state index contributed by atoms with van der Waals surface area (Å²) in [5, 5.41) is 2.55. The summed E-state index contributed by atoms with van der Waals surface area (Å²) in [6, 6.07) is 13.8. The van der Waals surface area contributed by atoms with Crippen molar-refractivity contribution >= 4 is 27.3 Å². The molecule has 198 valence electrons. The van der Waals surface area contributed by atoms with E-state index in [1.165, 1.54) is 38.5 Å². The predicted molar refractivity (Wildman–Crippen MR) is 132 cm³/mol. The first-order chi connectivity index (χ1) is 17.5. The van der Waals surface area contributed by atoms with Gasteiger partial charge in [0.15, 0.2) is 11.5 Å². The Morgan fingerprint density at radius 3 is 2.22 bits per heavy atom. The van der Waals surface area contributed by atoms with Gasteiger partial charge in [-0.15, -0.1) is 0 Å². The fraction of sp³-hybridized carbons (Fsp3) is 0.240. The van der Waals surface area contributed by atoms with E-state index in [1.807, 2.05) is 6.92 Å². The Balaban J connectivity index is 2.00. The first kappa shape index (κ1) is 27.7. The number of carbonyl (C=O) groups is 1. The van der Waals surface area contributed by atoms with Crippen molar-refractivity contribution in [3.05, 3.63) is 72.3 Å². The summed E-state index contributed by atoms with van der Waals surface area (Å²) < 4.78 is 83.6. The lowest BCUT2D eigenvalue weighted by molar-refractivity contribution is -0.137. The fourth-order valence-corrected chi connectivity index (χ4v) is 4.82. The molecular weight excluding hydrogens is 513 g/mol. The summed E-state index contributed by atoms with van der Waals surface area (Å²) in [4.78, 5) is 12.6. The quantitative estimate of drug-likeness (QED) is 0.392. The molecule has 0 aliphatic heterocycles. The largest absolute Gasteiger partial charge is 0.494 e. The molecule has 0 atom stereocenters. The second kappa shape index (κ2) is 11.4. The number of nitrogens with zero attached hydrogens (tertiary/aromatic N) is 1. The Kier molecular flexibility index (Phi) is 8.53. The molecule has 12 heteroatoms. The number of sulfonamides is 1. The number of benzene rings is 3. The van der Waals surface area contributed by atoms with E-state index in [1.54, 1.807) is 24.3 Å². The number of carbonyl (C=O) groups excluding carboxylic acids is 1.